The van der Waals surface area contributed by atoms with Crippen molar-refractivity contribution in [3.63, 3.8) is 0 Å². The summed E-state index contributed by atoms with van der Waals surface area (Å²) in [6, 6.07) is 2.38. The van der Waals surface area contributed by atoms with E-state index in [0.717, 1.165) is 12.5 Å². The average molecular weight is 206 g/mol. The van der Waals surface area contributed by atoms with Crippen LogP contribution in [0.1, 0.15) is 32.6 Å². The molecule has 2 rings (SSSR count). The molecule has 0 aliphatic heterocycles. The van der Waals surface area contributed by atoms with Crippen LogP contribution in [0.2, 0.25) is 0 Å². The number of unbranched alkanes of at least 4 members (excludes halogenated alkanes) is 1. The Morgan fingerprint density at radius 3 is 2.93 bits per heavy atom. The Labute approximate surface area is 90.5 Å². The van der Waals surface area contributed by atoms with Crippen molar-refractivity contribution in [1.82, 2.24) is 9.97 Å². The number of aromatic nitrogens is 2. The molecule has 0 saturated heterocycles. The van der Waals surface area contributed by atoms with E-state index in [1.165, 1.54) is 25.7 Å². The lowest BCUT2D eigenvalue weighted by atomic mass is 10.3. The average Bonchev–Trinajstić information content (AvgIpc) is 3.03. The van der Waals surface area contributed by atoms with E-state index in [0.29, 0.717) is 11.9 Å². The van der Waals surface area contributed by atoms with Gasteiger partial charge in [-0.25, -0.2) is 4.98 Å². The minimum absolute atomic E-state index is 0.558. The predicted octanol–water partition coefficient (Wildman–Crippen LogP) is 1.83. The van der Waals surface area contributed by atoms with Crippen molar-refractivity contribution in [3.05, 3.63) is 12.3 Å². The highest BCUT2D eigenvalue weighted by Gasteiger charge is 2.30. The third-order valence-corrected chi connectivity index (χ3v) is 2.66. The van der Waals surface area contributed by atoms with Crippen LogP contribution in [0.3, 0.4) is 0 Å². The molecule has 0 bridgehead atoms. The summed E-state index contributed by atoms with van der Waals surface area (Å²) < 4.78 is 0. The number of rotatable bonds is 5. The minimum atomic E-state index is 0.558. The Morgan fingerprint density at radius 1 is 1.53 bits per heavy atom. The number of nitrogen functional groups attached to an aromatic ring is 1. The van der Waals surface area contributed by atoms with Crippen LogP contribution in [0.15, 0.2) is 12.3 Å². The summed E-state index contributed by atoms with van der Waals surface area (Å²) in [6.07, 6.45) is 6.66. The second kappa shape index (κ2) is 4.47. The summed E-state index contributed by atoms with van der Waals surface area (Å²) in [7, 11) is 0. The van der Waals surface area contributed by atoms with Crippen molar-refractivity contribution in [2.45, 2.75) is 38.6 Å². The van der Waals surface area contributed by atoms with Crippen LogP contribution in [0, 0.1) is 0 Å². The maximum atomic E-state index is 5.67. The Hall–Kier alpha value is -1.32. The van der Waals surface area contributed by atoms with Gasteiger partial charge in [0.1, 0.15) is 5.82 Å². The van der Waals surface area contributed by atoms with E-state index in [9.17, 15) is 0 Å². The van der Waals surface area contributed by atoms with Gasteiger partial charge in [-0.3, -0.25) is 0 Å². The molecule has 0 radical (unpaired) electrons. The van der Waals surface area contributed by atoms with Crippen LogP contribution in [0.4, 0.5) is 11.8 Å². The standard InChI is InChI=1S/C11H18N4/c1-2-3-8-15(9-4-5-9)11-13-7-6-10(12)14-11/h6-7,9H,2-5,8H2,1H3,(H2,12,13,14). The van der Waals surface area contributed by atoms with Crippen molar-refractivity contribution in [1.29, 1.82) is 0 Å². The third-order valence-electron chi connectivity index (χ3n) is 2.66. The topological polar surface area (TPSA) is 55.0 Å². The molecule has 1 fully saturated rings. The Kier molecular flexibility index (Phi) is 3.04. The number of nitrogens with two attached hydrogens (primary N) is 1. The van der Waals surface area contributed by atoms with Crippen LogP contribution < -0.4 is 10.6 Å². The largest absolute Gasteiger partial charge is 0.384 e. The van der Waals surface area contributed by atoms with Crippen LogP contribution in [0.25, 0.3) is 0 Å². The molecule has 0 aromatic carbocycles. The lowest BCUT2D eigenvalue weighted by Gasteiger charge is -2.21. The van der Waals surface area contributed by atoms with Crippen molar-refractivity contribution in [2.24, 2.45) is 0 Å². The SMILES string of the molecule is CCCCN(c1nccc(N)n1)C1CC1. The molecular formula is C11H18N4. The first-order valence-corrected chi connectivity index (χ1v) is 5.66. The molecule has 4 heteroatoms. The zero-order valence-corrected chi connectivity index (χ0v) is 9.19. The summed E-state index contributed by atoms with van der Waals surface area (Å²) in [5.41, 5.74) is 5.67. The Balaban J connectivity index is 2.09. The summed E-state index contributed by atoms with van der Waals surface area (Å²) >= 11 is 0. The normalized spacial score (nSPS) is 15.3. The van der Waals surface area contributed by atoms with Gasteiger partial charge >= 0.3 is 0 Å². The molecule has 1 aromatic rings. The number of nitrogens with zero attached hydrogens (tertiary/aromatic N) is 3. The summed E-state index contributed by atoms with van der Waals surface area (Å²) in [5.74, 6) is 1.35. The van der Waals surface area contributed by atoms with Gasteiger partial charge in [0.05, 0.1) is 0 Å². The maximum Gasteiger partial charge on any atom is 0.227 e. The highest BCUT2D eigenvalue weighted by atomic mass is 15.3. The highest BCUT2D eigenvalue weighted by molar-refractivity contribution is 5.39. The smallest absolute Gasteiger partial charge is 0.227 e. The first kappa shape index (κ1) is 10.2. The van der Waals surface area contributed by atoms with Gasteiger partial charge in [0.15, 0.2) is 0 Å². The monoisotopic (exact) mass is 206 g/mol. The van der Waals surface area contributed by atoms with Crippen molar-refractivity contribution >= 4 is 11.8 Å². The quantitative estimate of drug-likeness (QED) is 0.798. The van der Waals surface area contributed by atoms with Crippen LogP contribution in [-0.2, 0) is 0 Å². The van der Waals surface area contributed by atoms with E-state index in [1.807, 2.05) is 0 Å². The molecular weight excluding hydrogens is 188 g/mol. The molecule has 82 valence electrons. The molecule has 1 aliphatic rings. The van der Waals surface area contributed by atoms with Crippen LogP contribution >= 0.6 is 0 Å². The van der Waals surface area contributed by atoms with Gasteiger partial charge in [0.2, 0.25) is 5.95 Å². The molecule has 0 unspecified atom stereocenters. The molecule has 1 aromatic heterocycles. The van der Waals surface area contributed by atoms with Gasteiger partial charge in [0.25, 0.3) is 0 Å². The maximum absolute atomic E-state index is 5.67. The van der Waals surface area contributed by atoms with Gasteiger partial charge in [-0.15, -0.1) is 0 Å². The Bertz CT molecular complexity index is 322. The molecule has 1 heterocycles. The molecule has 1 saturated carbocycles. The zero-order chi connectivity index (χ0) is 10.7. The first-order chi connectivity index (χ1) is 7.31. The van der Waals surface area contributed by atoms with Crippen molar-refractivity contribution in [2.75, 3.05) is 17.2 Å². The van der Waals surface area contributed by atoms with Crippen molar-refractivity contribution < 1.29 is 0 Å². The van der Waals surface area contributed by atoms with E-state index in [2.05, 4.69) is 21.8 Å². The van der Waals surface area contributed by atoms with Crippen LogP contribution in [-0.4, -0.2) is 22.6 Å². The molecule has 1 aliphatic carbocycles. The fourth-order valence-electron chi connectivity index (χ4n) is 1.66. The number of hydrogen-bond donors (Lipinski definition) is 1. The third kappa shape index (κ3) is 2.58. The summed E-state index contributed by atoms with van der Waals surface area (Å²) in [6.45, 7) is 3.25. The summed E-state index contributed by atoms with van der Waals surface area (Å²) in [4.78, 5) is 10.9. The van der Waals surface area contributed by atoms with E-state index in [4.69, 9.17) is 5.73 Å². The van der Waals surface area contributed by atoms with E-state index < -0.39 is 0 Å². The molecule has 0 atom stereocenters. The summed E-state index contributed by atoms with van der Waals surface area (Å²) in [5, 5.41) is 0. The highest BCUT2D eigenvalue weighted by Crippen LogP contribution is 2.30. The molecule has 0 amide bonds. The van der Waals surface area contributed by atoms with Gasteiger partial charge in [-0.1, -0.05) is 13.3 Å². The van der Waals surface area contributed by atoms with E-state index in [-0.39, 0.29) is 0 Å². The Morgan fingerprint density at radius 2 is 2.33 bits per heavy atom. The predicted molar refractivity (Wildman–Crippen MR) is 61.7 cm³/mol. The fraction of sp³-hybridized carbons (Fsp3) is 0.636. The number of anilines is 2. The zero-order valence-electron chi connectivity index (χ0n) is 9.19. The van der Waals surface area contributed by atoms with Gasteiger partial charge in [-0.2, -0.15) is 4.98 Å². The second-order valence-corrected chi connectivity index (χ2v) is 4.06. The lowest BCUT2D eigenvalue weighted by molar-refractivity contribution is 0.695. The second-order valence-electron chi connectivity index (χ2n) is 4.06. The molecule has 2 N–H and O–H groups in total. The molecule has 0 spiro atoms. The first-order valence-electron chi connectivity index (χ1n) is 5.66. The van der Waals surface area contributed by atoms with Crippen molar-refractivity contribution in [3.8, 4) is 0 Å². The van der Waals surface area contributed by atoms with Crippen LogP contribution in [0.5, 0.6) is 0 Å². The van der Waals surface area contributed by atoms with Gasteiger partial charge in [0, 0.05) is 18.8 Å². The van der Waals surface area contributed by atoms with E-state index in [1.54, 1.807) is 12.3 Å². The fourth-order valence-corrected chi connectivity index (χ4v) is 1.66. The van der Waals surface area contributed by atoms with Gasteiger partial charge < -0.3 is 10.6 Å². The minimum Gasteiger partial charge on any atom is -0.384 e. The molecule has 4 nitrogen and oxygen atoms in total. The lowest BCUT2D eigenvalue weighted by Crippen LogP contribution is -2.28. The van der Waals surface area contributed by atoms with Gasteiger partial charge in [-0.05, 0) is 25.3 Å². The molecule has 15 heavy (non-hydrogen) atoms. The van der Waals surface area contributed by atoms with E-state index >= 15 is 0 Å². The number of hydrogen-bond acceptors (Lipinski definition) is 4.